The molecule has 4 N–H and O–H groups in total. The van der Waals surface area contributed by atoms with Gasteiger partial charge in [0.15, 0.2) is 0 Å². The molecule has 0 aliphatic heterocycles. The van der Waals surface area contributed by atoms with Gasteiger partial charge in [-0.1, -0.05) is 36.4 Å². The van der Waals surface area contributed by atoms with Crippen molar-refractivity contribution in [1.82, 2.24) is 0 Å². The van der Waals surface area contributed by atoms with Crippen LogP contribution in [0.25, 0.3) is 0 Å². The Balaban J connectivity index is 0.000000352. The van der Waals surface area contributed by atoms with Crippen LogP contribution in [0.3, 0.4) is 0 Å². The maximum absolute atomic E-state index is 10.7. The van der Waals surface area contributed by atoms with Crippen molar-refractivity contribution in [2.75, 3.05) is 5.73 Å². The van der Waals surface area contributed by atoms with E-state index in [4.69, 9.17) is 10.9 Å². The third-order valence-corrected chi connectivity index (χ3v) is 2.80. The van der Waals surface area contributed by atoms with Gasteiger partial charge in [0, 0.05) is 5.69 Å². The molecule has 6 heteroatoms. The van der Waals surface area contributed by atoms with E-state index in [1.807, 2.05) is 36.4 Å². The molecule has 0 saturated carbocycles. The van der Waals surface area contributed by atoms with Crippen LogP contribution in [0.15, 0.2) is 65.6 Å². The fourth-order valence-corrected chi connectivity index (χ4v) is 1.56. The van der Waals surface area contributed by atoms with Gasteiger partial charge in [0.2, 0.25) is 10.0 Å². The third-order valence-electron chi connectivity index (χ3n) is 1.88. The van der Waals surface area contributed by atoms with E-state index in [1.165, 1.54) is 24.3 Å². The number of nitrogens with two attached hydrogens (primary N) is 2. The van der Waals surface area contributed by atoms with E-state index in [1.54, 1.807) is 0 Å². The van der Waals surface area contributed by atoms with Gasteiger partial charge in [-0.15, -0.1) is 0 Å². The standard InChI is InChI=1S/C6H8N2O2S.C6H6.H2S/c7-5-1-3-6(4-2-5)11(8,9)10;1-2-4-6-5-3-1;/h1-4H,7H2,(H2,8,9,10);1-6H;1H2. The molecule has 0 saturated heterocycles. The smallest absolute Gasteiger partial charge is 0.238 e. The van der Waals surface area contributed by atoms with E-state index in [0.29, 0.717) is 5.69 Å². The molecule has 4 nitrogen and oxygen atoms in total. The highest BCUT2D eigenvalue weighted by molar-refractivity contribution is 7.89. The van der Waals surface area contributed by atoms with Crippen molar-refractivity contribution in [1.29, 1.82) is 0 Å². The summed E-state index contributed by atoms with van der Waals surface area (Å²) in [5.41, 5.74) is 5.85. The first-order chi connectivity index (χ1) is 8.00. The second-order valence-electron chi connectivity index (χ2n) is 3.27. The second-order valence-corrected chi connectivity index (χ2v) is 4.83. The van der Waals surface area contributed by atoms with E-state index in [2.05, 4.69) is 0 Å². The van der Waals surface area contributed by atoms with Crippen LogP contribution in [0, 0.1) is 0 Å². The first-order valence-electron chi connectivity index (χ1n) is 4.88. The van der Waals surface area contributed by atoms with Crippen LogP contribution in [-0.2, 0) is 10.0 Å². The van der Waals surface area contributed by atoms with Crippen molar-refractivity contribution in [2.45, 2.75) is 4.90 Å². The molecule has 0 aliphatic rings. The maximum atomic E-state index is 10.7. The van der Waals surface area contributed by atoms with E-state index in [-0.39, 0.29) is 18.4 Å². The minimum Gasteiger partial charge on any atom is -0.399 e. The van der Waals surface area contributed by atoms with Crippen LogP contribution in [0.5, 0.6) is 0 Å². The van der Waals surface area contributed by atoms with Crippen molar-refractivity contribution in [3.8, 4) is 0 Å². The highest BCUT2D eigenvalue weighted by Gasteiger charge is 2.04. The molecular formula is C12H16N2O2S2. The number of anilines is 1. The Bertz CT molecular complexity index is 513. The molecular weight excluding hydrogens is 268 g/mol. The summed E-state index contributed by atoms with van der Waals surface area (Å²) in [5.74, 6) is 0. The van der Waals surface area contributed by atoms with Gasteiger partial charge in [-0.3, -0.25) is 0 Å². The predicted molar refractivity (Wildman–Crippen MR) is 79.1 cm³/mol. The zero-order valence-electron chi connectivity index (χ0n) is 9.65. The van der Waals surface area contributed by atoms with Crippen LogP contribution in [0.1, 0.15) is 0 Å². The number of nitrogen functional groups attached to an aromatic ring is 1. The molecule has 0 aliphatic carbocycles. The molecule has 0 unspecified atom stereocenters. The molecule has 0 heterocycles. The average molecular weight is 284 g/mol. The molecule has 0 amide bonds. The fraction of sp³-hybridized carbons (Fsp3) is 0. The Kier molecular flexibility index (Phi) is 7.11. The fourth-order valence-electron chi connectivity index (χ4n) is 1.04. The van der Waals surface area contributed by atoms with Crippen LogP contribution in [0.4, 0.5) is 5.69 Å². The highest BCUT2D eigenvalue weighted by Crippen LogP contribution is 2.08. The lowest BCUT2D eigenvalue weighted by molar-refractivity contribution is 0.598. The number of rotatable bonds is 1. The lowest BCUT2D eigenvalue weighted by Crippen LogP contribution is -2.11. The SMILES string of the molecule is Nc1ccc(S(N)(=O)=O)cc1.S.c1ccccc1. The first-order valence-corrected chi connectivity index (χ1v) is 6.43. The summed E-state index contributed by atoms with van der Waals surface area (Å²) in [6.45, 7) is 0. The number of hydrogen-bond acceptors (Lipinski definition) is 3. The number of hydrogen-bond donors (Lipinski definition) is 2. The minimum atomic E-state index is -3.58. The zero-order chi connectivity index (χ0) is 12.7. The van der Waals surface area contributed by atoms with E-state index < -0.39 is 10.0 Å². The Morgan fingerprint density at radius 2 is 1.11 bits per heavy atom. The van der Waals surface area contributed by atoms with Crippen LogP contribution in [-0.4, -0.2) is 8.42 Å². The van der Waals surface area contributed by atoms with Crippen molar-refractivity contribution in [2.24, 2.45) is 5.14 Å². The van der Waals surface area contributed by atoms with Crippen molar-refractivity contribution in [3.05, 3.63) is 60.7 Å². The molecule has 0 bridgehead atoms. The average Bonchev–Trinajstić information content (AvgIpc) is 2.31. The first kappa shape index (κ1) is 16.5. The molecule has 2 rings (SSSR count). The lowest BCUT2D eigenvalue weighted by Gasteiger charge is -1.96. The third kappa shape index (κ3) is 6.29. The number of benzene rings is 2. The molecule has 0 aromatic heterocycles. The van der Waals surface area contributed by atoms with Crippen LogP contribution < -0.4 is 10.9 Å². The molecule has 0 fully saturated rings. The second kappa shape index (κ2) is 7.75. The Morgan fingerprint density at radius 1 is 0.778 bits per heavy atom. The molecule has 2 aromatic rings. The van der Waals surface area contributed by atoms with Crippen LogP contribution in [0.2, 0.25) is 0 Å². The Labute approximate surface area is 114 Å². The van der Waals surface area contributed by atoms with Gasteiger partial charge in [0.1, 0.15) is 0 Å². The van der Waals surface area contributed by atoms with Gasteiger partial charge in [-0.05, 0) is 24.3 Å². The summed E-state index contributed by atoms with van der Waals surface area (Å²) >= 11 is 0. The van der Waals surface area contributed by atoms with Crippen molar-refractivity contribution in [3.63, 3.8) is 0 Å². The topological polar surface area (TPSA) is 86.2 Å². The molecule has 0 spiro atoms. The van der Waals surface area contributed by atoms with Gasteiger partial charge in [0.25, 0.3) is 0 Å². The highest BCUT2D eigenvalue weighted by atomic mass is 32.2. The largest absolute Gasteiger partial charge is 0.399 e. The summed E-state index contributed by atoms with van der Waals surface area (Å²) < 4.78 is 21.4. The minimum absolute atomic E-state index is 0. The van der Waals surface area contributed by atoms with Gasteiger partial charge < -0.3 is 5.73 Å². The normalized spacial score (nSPS) is 9.61. The molecule has 98 valence electrons. The number of sulfonamides is 1. The van der Waals surface area contributed by atoms with Gasteiger partial charge in [-0.2, -0.15) is 13.5 Å². The lowest BCUT2D eigenvalue weighted by atomic mass is 10.3. The molecule has 18 heavy (non-hydrogen) atoms. The van der Waals surface area contributed by atoms with Crippen LogP contribution >= 0.6 is 13.5 Å². The van der Waals surface area contributed by atoms with Crippen molar-refractivity contribution < 1.29 is 8.42 Å². The van der Waals surface area contributed by atoms with E-state index in [9.17, 15) is 8.42 Å². The van der Waals surface area contributed by atoms with Gasteiger partial charge in [-0.25, -0.2) is 13.6 Å². The Hall–Kier alpha value is -1.50. The molecule has 0 radical (unpaired) electrons. The Morgan fingerprint density at radius 3 is 1.39 bits per heavy atom. The number of primary sulfonamides is 1. The quantitative estimate of drug-likeness (QED) is 0.782. The summed E-state index contributed by atoms with van der Waals surface area (Å²) in [5, 5.41) is 4.84. The molecule has 0 atom stereocenters. The van der Waals surface area contributed by atoms with E-state index in [0.717, 1.165) is 0 Å². The molecule has 2 aromatic carbocycles. The van der Waals surface area contributed by atoms with Gasteiger partial charge >= 0.3 is 0 Å². The van der Waals surface area contributed by atoms with E-state index >= 15 is 0 Å². The summed E-state index contributed by atoms with van der Waals surface area (Å²) in [6, 6.07) is 17.7. The summed E-state index contributed by atoms with van der Waals surface area (Å²) in [4.78, 5) is 0.0756. The monoisotopic (exact) mass is 284 g/mol. The predicted octanol–water partition coefficient (Wildman–Crippen LogP) is 1.72. The van der Waals surface area contributed by atoms with Gasteiger partial charge in [0.05, 0.1) is 4.90 Å². The maximum Gasteiger partial charge on any atom is 0.238 e. The summed E-state index contributed by atoms with van der Waals surface area (Å²) in [7, 11) is -3.58. The van der Waals surface area contributed by atoms with Crippen molar-refractivity contribution >= 4 is 29.2 Å². The summed E-state index contributed by atoms with van der Waals surface area (Å²) in [6.07, 6.45) is 0. The zero-order valence-corrected chi connectivity index (χ0v) is 11.5.